The van der Waals surface area contributed by atoms with Crippen LogP contribution >= 0.6 is 22.6 Å². The average Bonchev–Trinajstić information content (AvgIpc) is 2.49. The maximum Gasteiger partial charge on any atom is 0.190 e. The van der Waals surface area contributed by atoms with Crippen molar-refractivity contribution in [3.8, 4) is 6.07 Å². The molecule has 90 valence electrons. The second-order valence-corrected chi connectivity index (χ2v) is 3.86. The maximum absolute atomic E-state index is 11.1. The van der Waals surface area contributed by atoms with E-state index in [1.165, 1.54) is 0 Å². The topological polar surface area (TPSA) is 66.6 Å². The molecule has 0 radical (unpaired) electrons. The van der Waals surface area contributed by atoms with Crippen LogP contribution in [-0.4, -0.2) is 20.2 Å². The van der Waals surface area contributed by atoms with Crippen LogP contribution < -0.4 is 0 Å². The molecule has 5 heteroatoms. The lowest BCUT2D eigenvalue weighted by molar-refractivity contribution is 0.102. The number of carbonyl (C=O) groups is 1. The van der Waals surface area contributed by atoms with Crippen molar-refractivity contribution in [1.82, 2.24) is 9.97 Å². The zero-order chi connectivity index (χ0) is 13.2. The van der Waals surface area contributed by atoms with Crippen molar-refractivity contribution in [2.45, 2.75) is 0 Å². The predicted octanol–water partition coefficient (Wildman–Crippen LogP) is 2.65. The molecule has 2 heterocycles. The van der Waals surface area contributed by atoms with E-state index < -0.39 is 0 Å². The Hall–Kier alpha value is -1.81. The highest BCUT2D eigenvalue weighted by Gasteiger charge is 2.04. The molecule has 0 aliphatic heterocycles. The molecule has 0 amide bonds. The summed E-state index contributed by atoms with van der Waals surface area (Å²) in [5.41, 5.74) is 0.647. The summed E-state index contributed by atoms with van der Waals surface area (Å²) in [6.45, 7) is 0. The average molecular weight is 351 g/mol. The lowest BCUT2D eigenvalue weighted by atomic mass is 10.2. The molecule has 0 N–H and O–H groups in total. The van der Waals surface area contributed by atoms with Crippen molar-refractivity contribution >= 4 is 28.4 Å². The van der Waals surface area contributed by atoms with Crippen LogP contribution in [0.4, 0.5) is 0 Å². The molecule has 0 saturated carbocycles. The SMILES string of the molecule is N#Cc1cccc(C(=O)CI)n1.c1ccncc1. The number of nitriles is 1. The van der Waals surface area contributed by atoms with Crippen molar-refractivity contribution < 1.29 is 4.79 Å². The van der Waals surface area contributed by atoms with Gasteiger partial charge in [-0.05, 0) is 24.3 Å². The fourth-order valence-corrected chi connectivity index (χ4v) is 1.42. The van der Waals surface area contributed by atoms with Crippen molar-refractivity contribution in [3.05, 3.63) is 60.2 Å². The molecule has 0 bridgehead atoms. The smallest absolute Gasteiger partial charge is 0.190 e. The number of halogens is 1. The minimum Gasteiger partial charge on any atom is -0.292 e. The summed E-state index contributed by atoms with van der Waals surface area (Å²) in [7, 11) is 0. The molecule has 0 saturated heterocycles. The van der Waals surface area contributed by atoms with Gasteiger partial charge >= 0.3 is 0 Å². The Morgan fingerprint density at radius 2 is 1.94 bits per heavy atom. The highest BCUT2D eigenvalue weighted by Crippen LogP contribution is 2.01. The van der Waals surface area contributed by atoms with Crippen LogP contribution in [0.5, 0.6) is 0 Å². The quantitative estimate of drug-likeness (QED) is 0.474. The van der Waals surface area contributed by atoms with Crippen molar-refractivity contribution in [2.75, 3.05) is 4.43 Å². The Morgan fingerprint density at radius 3 is 2.39 bits per heavy atom. The zero-order valence-electron chi connectivity index (χ0n) is 9.45. The Balaban J connectivity index is 0.000000225. The number of carbonyl (C=O) groups excluding carboxylic acids is 1. The van der Waals surface area contributed by atoms with Crippen LogP contribution in [0.1, 0.15) is 16.2 Å². The molecule has 18 heavy (non-hydrogen) atoms. The van der Waals surface area contributed by atoms with Gasteiger partial charge < -0.3 is 0 Å². The van der Waals surface area contributed by atoms with E-state index in [0.717, 1.165) is 0 Å². The minimum absolute atomic E-state index is 0.0484. The molecule has 0 aromatic carbocycles. The molecular formula is C13H10IN3O. The summed E-state index contributed by atoms with van der Waals surface area (Å²) < 4.78 is 0.389. The Bertz CT molecular complexity index is 511. The van der Waals surface area contributed by atoms with E-state index in [1.54, 1.807) is 30.6 Å². The van der Waals surface area contributed by atoms with Gasteiger partial charge in [-0.1, -0.05) is 34.7 Å². The number of Topliss-reactive ketones (excluding diaryl/α,β-unsaturated/α-hetero) is 1. The van der Waals surface area contributed by atoms with Gasteiger partial charge in [0.2, 0.25) is 0 Å². The van der Waals surface area contributed by atoms with E-state index in [0.29, 0.717) is 10.1 Å². The molecule has 2 aromatic rings. The van der Waals surface area contributed by atoms with Gasteiger partial charge in [0.05, 0.1) is 4.43 Å². The minimum atomic E-state index is -0.0484. The first kappa shape index (κ1) is 14.3. The molecule has 4 nitrogen and oxygen atoms in total. The number of aromatic nitrogens is 2. The van der Waals surface area contributed by atoms with Crippen molar-refractivity contribution in [2.24, 2.45) is 0 Å². The number of rotatable bonds is 2. The van der Waals surface area contributed by atoms with E-state index in [2.05, 4.69) is 9.97 Å². The van der Waals surface area contributed by atoms with Gasteiger partial charge in [0.25, 0.3) is 0 Å². The summed E-state index contributed by atoms with van der Waals surface area (Å²) in [5, 5.41) is 8.49. The monoisotopic (exact) mass is 351 g/mol. The second-order valence-electron chi connectivity index (χ2n) is 3.10. The summed E-state index contributed by atoms with van der Waals surface area (Å²) in [4.78, 5) is 18.7. The van der Waals surface area contributed by atoms with Gasteiger partial charge in [-0.3, -0.25) is 9.78 Å². The van der Waals surface area contributed by atoms with Gasteiger partial charge in [0.1, 0.15) is 17.5 Å². The Kier molecular flexibility index (Phi) is 6.58. The second kappa shape index (κ2) is 8.31. The highest BCUT2D eigenvalue weighted by molar-refractivity contribution is 14.1. The number of nitrogens with zero attached hydrogens (tertiary/aromatic N) is 3. The number of pyridine rings is 2. The first-order valence-electron chi connectivity index (χ1n) is 5.09. The van der Waals surface area contributed by atoms with Crippen LogP contribution in [-0.2, 0) is 0 Å². The third-order valence-corrected chi connectivity index (χ3v) is 2.53. The summed E-state index contributed by atoms with van der Waals surface area (Å²) in [5.74, 6) is -0.0484. The number of ketones is 1. The lowest BCUT2D eigenvalue weighted by Gasteiger charge is -1.94. The Morgan fingerprint density at radius 1 is 1.22 bits per heavy atom. The molecule has 0 aliphatic carbocycles. The third-order valence-electron chi connectivity index (χ3n) is 1.84. The van der Waals surface area contributed by atoms with Crippen LogP contribution in [0.15, 0.2) is 48.8 Å². The fraction of sp³-hybridized carbons (Fsp3) is 0.0769. The van der Waals surface area contributed by atoms with E-state index >= 15 is 0 Å². The first-order chi connectivity index (χ1) is 8.77. The van der Waals surface area contributed by atoms with Gasteiger partial charge in [0.15, 0.2) is 5.78 Å². The Labute approximate surface area is 119 Å². The summed E-state index contributed by atoms with van der Waals surface area (Å²) in [6.07, 6.45) is 3.50. The molecule has 2 aromatic heterocycles. The fourth-order valence-electron chi connectivity index (χ4n) is 1.03. The highest BCUT2D eigenvalue weighted by atomic mass is 127. The number of hydrogen-bond acceptors (Lipinski definition) is 4. The predicted molar refractivity (Wildman–Crippen MR) is 76.4 cm³/mol. The van der Waals surface area contributed by atoms with Gasteiger partial charge in [0, 0.05) is 12.4 Å². The largest absolute Gasteiger partial charge is 0.292 e. The number of alkyl halides is 1. The van der Waals surface area contributed by atoms with E-state index in [-0.39, 0.29) is 11.5 Å². The molecular weight excluding hydrogens is 341 g/mol. The van der Waals surface area contributed by atoms with E-state index in [1.807, 2.05) is 46.9 Å². The molecule has 0 fully saturated rings. The first-order valence-corrected chi connectivity index (χ1v) is 6.62. The molecule has 0 spiro atoms. The summed E-state index contributed by atoms with van der Waals surface area (Å²) in [6, 6.07) is 12.4. The van der Waals surface area contributed by atoms with E-state index in [9.17, 15) is 4.79 Å². The van der Waals surface area contributed by atoms with Crippen LogP contribution in [0, 0.1) is 11.3 Å². The van der Waals surface area contributed by atoms with Gasteiger partial charge in [-0.25, -0.2) is 4.98 Å². The van der Waals surface area contributed by atoms with Crippen LogP contribution in [0.25, 0.3) is 0 Å². The van der Waals surface area contributed by atoms with Crippen molar-refractivity contribution in [1.29, 1.82) is 5.26 Å². The third kappa shape index (κ3) is 5.01. The molecule has 0 atom stereocenters. The lowest BCUT2D eigenvalue weighted by Crippen LogP contribution is -2.03. The van der Waals surface area contributed by atoms with Gasteiger partial charge in [-0.15, -0.1) is 0 Å². The number of hydrogen-bond donors (Lipinski definition) is 0. The zero-order valence-corrected chi connectivity index (χ0v) is 11.6. The van der Waals surface area contributed by atoms with Crippen LogP contribution in [0.3, 0.4) is 0 Å². The van der Waals surface area contributed by atoms with Crippen molar-refractivity contribution in [3.63, 3.8) is 0 Å². The summed E-state index contributed by atoms with van der Waals surface area (Å²) >= 11 is 1.97. The molecule has 0 aliphatic rings. The molecule has 0 unspecified atom stereocenters. The standard InChI is InChI=1S/C8H5IN2O.C5H5N/c9-4-8(12)7-3-1-2-6(5-10)11-7;1-2-4-6-5-3-1/h1-3H,4H2;1-5H. The van der Waals surface area contributed by atoms with Crippen LogP contribution in [0.2, 0.25) is 0 Å². The normalized spacial score (nSPS) is 8.67. The molecule has 2 rings (SSSR count). The van der Waals surface area contributed by atoms with Gasteiger partial charge in [-0.2, -0.15) is 5.26 Å². The van der Waals surface area contributed by atoms with E-state index in [4.69, 9.17) is 5.26 Å². The maximum atomic E-state index is 11.1.